The van der Waals surface area contributed by atoms with Gasteiger partial charge in [0.15, 0.2) is 0 Å². The van der Waals surface area contributed by atoms with Gasteiger partial charge < -0.3 is 10.1 Å². The quantitative estimate of drug-likeness (QED) is 0.425. The molecule has 0 aliphatic carbocycles. The number of benzene rings is 3. The number of carbonyl (C=O) groups is 1. The van der Waals surface area contributed by atoms with Crippen LogP contribution < -0.4 is 5.32 Å². The number of amides is 1. The van der Waals surface area contributed by atoms with Crippen LogP contribution in [0.1, 0.15) is 21.5 Å². The topological polar surface area (TPSA) is 38.3 Å². The second-order valence-electron chi connectivity index (χ2n) is 6.09. The summed E-state index contributed by atoms with van der Waals surface area (Å²) in [6, 6.07) is 28.1. The SMILES string of the molecule is O=C(NCCOCc1ccccc1)c1ccc(CSc2ccccc2)cc1. The molecule has 0 saturated carbocycles. The Morgan fingerprint density at radius 1 is 0.815 bits per heavy atom. The van der Waals surface area contributed by atoms with Crippen molar-refractivity contribution in [1.82, 2.24) is 5.32 Å². The molecule has 1 N–H and O–H groups in total. The summed E-state index contributed by atoms with van der Waals surface area (Å²) in [4.78, 5) is 13.4. The van der Waals surface area contributed by atoms with Crippen molar-refractivity contribution < 1.29 is 9.53 Å². The van der Waals surface area contributed by atoms with E-state index in [-0.39, 0.29) is 5.91 Å². The summed E-state index contributed by atoms with van der Waals surface area (Å²) >= 11 is 1.79. The zero-order chi connectivity index (χ0) is 18.7. The third-order valence-electron chi connectivity index (χ3n) is 4.01. The molecule has 0 unspecified atom stereocenters. The lowest BCUT2D eigenvalue weighted by Crippen LogP contribution is -2.27. The van der Waals surface area contributed by atoms with Gasteiger partial charge in [0.2, 0.25) is 0 Å². The first-order chi connectivity index (χ1) is 13.3. The normalized spacial score (nSPS) is 10.5. The Kier molecular flexibility index (Phi) is 7.51. The summed E-state index contributed by atoms with van der Waals surface area (Å²) in [5.41, 5.74) is 3.01. The van der Waals surface area contributed by atoms with Gasteiger partial charge in [0.05, 0.1) is 13.2 Å². The summed E-state index contributed by atoms with van der Waals surface area (Å²) in [5, 5.41) is 2.89. The monoisotopic (exact) mass is 377 g/mol. The van der Waals surface area contributed by atoms with Crippen molar-refractivity contribution in [3.05, 3.63) is 102 Å². The van der Waals surface area contributed by atoms with Gasteiger partial charge in [-0.05, 0) is 35.4 Å². The van der Waals surface area contributed by atoms with Crippen molar-refractivity contribution in [2.24, 2.45) is 0 Å². The molecular formula is C23H23NO2S. The Morgan fingerprint density at radius 3 is 2.19 bits per heavy atom. The Hall–Kier alpha value is -2.56. The maximum atomic E-state index is 12.2. The van der Waals surface area contributed by atoms with Crippen LogP contribution in [0.15, 0.2) is 89.8 Å². The van der Waals surface area contributed by atoms with E-state index in [0.717, 1.165) is 11.3 Å². The van der Waals surface area contributed by atoms with E-state index >= 15 is 0 Å². The van der Waals surface area contributed by atoms with Crippen LogP contribution in [0, 0.1) is 0 Å². The van der Waals surface area contributed by atoms with Crippen molar-refractivity contribution in [2.45, 2.75) is 17.3 Å². The fourth-order valence-electron chi connectivity index (χ4n) is 2.54. The molecule has 0 radical (unpaired) electrons. The van der Waals surface area contributed by atoms with E-state index in [4.69, 9.17) is 4.74 Å². The third kappa shape index (κ3) is 6.59. The molecule has 0 heterocycles. The van der Waals surface area contributed by atoms with Gasteiger partial charge in [0, 0.05) is 22.8 Å². The maximum absolute atomic E-state index is 12.2. The van der Waals surface area contributed by atoms with Crippen LogP contribution in [0.2, 0.25) is 0 Å². The molecule has 3 aromatic carbocycles. The number of carbonyl (C=O) groups excluding carboxylic acids is 1. The number of thioether (sulfide) groups is 1. The van der Waals surface area contributed by atoms with Crippen LogP contribution in [0.4, 0.5) is 0 Å². The van der Waals surface area contributed by atoms with Crippen molar-refractivity contribution in [2.75, 3.05) is 13.2 Å². The fraction of sp³-hybridized carbons (Fsp3) is 0.174. The standard InChI is InChI=1S/C23H23NO2S/c25-23(24-15-16-26-17-19-7-3-1-4-8-19)21-13-11-20(12-14-21)18-27-22-9-5-2-6-10-22/h1-14H,15-18H2,(H,24,25). The van der Waals surface area contributed by atoms with Gasteiger partial charge >= 0.3 is 0 Å². The minimum atomic E-state index is -0.0689. The van der Waals surface area contributed by atoms with Gasteiger partial charge in [-0.15, -0.1) is 11.8 Å². The van der Waals surface area contributed by atoms with Crippen LogP contribution in [0.5, 0.6) is 0 Å². The van der Waals surface area contributed by atoms with Gasteiger partial charge in [-0.3, -0.25) is 4.79 Å². The minimum Gasteiger partial charge on any atom is -0.375 e. The van der Waals surface area contributed by atoms with E-state index in [0.29, 0.717) is 25.3 Å². The lowest BCUT2D eigenvalue weighted by Gasteiger charge is -2.08. The highest BCUT2D eigenvalue weighted by Gasteiger charge is 2.05. The zero-order valence-electron chi connectivity index (χ0n) is 15.1. The van der Waals surface area contributed by atoms with Gasteiger partial charge in [-0.25, -0.2) is 0 Å². The predicted octanol–water partition coefficient (Wildman–Crippen LogP) is 4.93. The van der Waals surface area contributed by atoms with Crippen LogP contribution in [0.3, 0.4) is 0 Å². The first-order valence-electron chi connectivity index (χ1n) is 8.98. The van der Waals surface area contributed by atoms with Crippen LogP contribution in [0.25, 0.3) is 0 Å². The fourth-order valence-corrected chi connectivity index (χ4v) is 3.41. The van der Waals surface area contributed by atoms with E-state index in [2.05, 4.69) is 17.4 Å². The molecule has 0 atom stereocenters. The molecule has 3 aromatic rings. The second-order valence-corrected chi connectivity index (χ2v) is 7.14. The van der Waals surface area contributed by atoms with E-state index in [1.54, 1.807) is 11.8 Å². The second kappa shape index (κ2) is 10.6. The van der Waals surface area contributed by atoms with E-state index in [1.165, 1.54) is 10.5 Å². The smallest absolute Gasteiger partial charge is 0.251 e. The van der Waals surface area contributed by atoms with E-state index in [1.807, 2.05) is 72.8 Å². The molecule has 0 fully saturated rings. The van der Waals surface area contributed by atoms with Crippen molar-refractivity contribution in [1.29, 1.82) is 0 Å². The number of nitrogens with one attached hydrogen (secondary N) is 1. The molecule has 0 saturated heterocycles. The Labute approximate surface area is 164 Å². The summed E-state index contributed by atoms with van der Waals surface area (Å²) in [5.74, 6) is 0.819. The average molecular weight is 378 g/mol. The highest BCUT2D eigenvalue weighted by Crippen LogP contribution is 2.22. The molecule has 0 spiro atoms. The molecule has 1 amide bonds. The summed E-state index contributed by atoms with van der Waals surface area (Å²) in [6.45, 7) is 1.55. The Bertz CT molecular complexity index is 820. The predicted molar refractivity (Wildman–Crippen MR) is 111 cm³/mol. The number of hydrogen-bond acceptors (Lipinski definition) is 3. The first kappa shape index (κ1) is 19.2. The van der Waals surface area contributed by atoms with Gasteiger partial charge in [-0.1, -0.05) is 60.7 Å². The molecule has 3 rings (SSSR count). The maximum Gasteiger partial charge on any atom is 0.251 e. The van der Waals surface area contributed by atoms with Gasteiger partial charge in [-0.2, -0.15) is 0 Å². The lowest BCUT2D eigenvalue weighted by molar-refractivity contribution is 0.0901. The molecule has 27 heavy (non-hydrogen) atoms. The highest BCUT2D eigenvalue weighted by molar-refractivity contribution is 7.98. The first-order valence-corrected chi connectivity index (χ1v) is 9.96. The van der Waals surface area contributed by atoms with Crippen LogP contribution in [-0.2, 0) is 17.1 Å². The van der Waals surface area contributed by atoms with E-state index in [9.17, 15) is 4.79 Å². The van der Waals surface area contributed by atoms with Crippen molar-refractivity contribution >= 4 is 17.7 Å². The number of hydrogen-bond donors (Lipinski definition) is 1. The largest absolute Gasteiger partial charge is 0.375 e. The summed E-state index contributed by atoms with van der Waals surface area (Å²) in [7, 11) is 0. The Morgan fingerprint density at radius 2 is 1.48 bits per heavy atom. The molecule has 0 aliphatic heterocycles. The van der Waals surface area contributed by atoms with Gasteiger partial charge in [0.1, 0.15) is 0 Å². The molecule has 138 valence electrons. The van der Waals surface area contributed by atoms with Gasteiger partial charge in [0.25, 0.3) is 5.91 Å². The summed E-state index contributed by atoms with van der Waals surface area (Å²) in [6.07, 6.45) is 0. The number of rotatable bonds is 9. The molecule has 0 aromatic heterocycles. The molecule has 3 nitrogen and oxygen atoms in total. The Balaban J connectivity index is 1.37. The average Bonchev–Trinajstić information content (AvgIpc) is 2.74. The molecule has 0 aliphatic rings. The lowest BCUT2D eigenvalue weighted by atomic mass is 10.1. The number of ether oxygens (including phenoxy) is 1. The molecule has 0 bridgehead atoms. The van der Waals surface area contributed by atoms with Crippen LogP contribution in [-0.4, -0.2) is 19.1 Å². The highest BCUT2D eigenvalue weighted by atomic mass is 32.2. The molecular weight excluding hydrogens is 354 g/mol. The zero-order valence-corrected chi connectivity index (χ0v) is 16.0. The third-order valence-corrected chi connectivity index (χ3v) is 5.09. The van der Waals surface area contributed by atoms with E-state index < -0.39 is 0 Å². The minimum absolute atomic E-state index is 0.0689. The van der Waals surface area contributed by atoms with Crippen molar-refractivity contribution in [3.8, 4) is 0 Å². The molecule has 4 heteroatoms. The van der Waals surface area contributed by atoms with Crippen molar-refractivity contribution in [3.63, 3.8) is 0 Å². The summed E-state index contributed by atoms with van der Waals surface area (Å²) < 4.78 is 5.58. The van der Waals surface area contributed by atoms with Crippen LogP contribution >= 0.6 is 11.8 Å².